The molecular formula is C15H18N2O4. The summed E-state index contributed by atoms with van der Waals surface area (Å²) in [4.78, 5) is 28.3. The minimum Gasteiger partial charge on any atom is -0.443 e. The van der Waals surface area contributed by atoms with Crippen molar-refractivity contribution in [2.75, 3.05) is 0 Å². The number of hydrogen-bond acceptors (Lipinski definition) is 4. The van der Waals surface area contributed by atoms with Crippen LogP contribution in [-0.2, 0) is 16.2 Å². The molecule has 6 heteroatoms. The third-order valence-corrected chi connectivity index (χ3v) is 3.09. The summed E-state index contributed by atoms with van der Waals surface area (Å²) in [5.74, 6) is -0.491. The van der Waals surface area contributed by atoms with Crippen molar-refractivity contribution in [2.45, 2.75) is 32.6 Å². The van der Waals surface area contributed by atoms with E-state index in [1.54, 1.807) is 24.3 Å². The summed E-state index contributed by atoms with van der Waals surface area (Å²) in [5.41, 5.74) is 6.34. The van der Waals surface area contributed by atoms with Gasteiger partial charge in [0.1, 0.15) is 12.7 Å². The first kappa shape index (κ1) is 15.1. The van der Waals surface area contributed by atoms with Crippen LogP contribution in [0.4, 0.5) is 4.79 Å². The van der Waals surface area contributed by atoms with Crippen LogP contribution in [0, 0.1) is 0 Å². The van der Waals surface area contributed by atoms with E-state index in [0.29, 0.717) is 5.56 Å². The highest BCUT2D eigenvalue weighted by atomic mass is 16.7. The van der Waals surface area contributed by atoms with Gasteiger partial charge >= 0.3 is 6.09 Å². The molecule has 21 heavy (non-hydrogen) atoms. The monoisotopic (exact) mass is 290 g/mol. The van der Waals surface area contributed by atoms with Crippen molar-refractivity contribution in [2.24, 2.45) is 5.73 Å². The zero-order valence-corrected chi connectivity index (χ0v) is 12.0. The van der Waals surface area contributed by atoms with Crippen LogP contribution < -0.4 is 5.73 Å². The number of benzene rings is 1. The summed E-state index contributed by atoms with van der Waals surface area (Å²) in [7, 11) is 0. The molecule has 0 saturated carbocycles. The van der Waals surface area contributed by atoms with E-state index >= 15 is 0 Å². The molecule has 1 aliphatic heterocycles. The van der Waals surface area contributed by atoms with E-state index in [2.05, 4.69) is 0 Å². The number of nitrogens with two attached hydrogens (primary N) is 1. The van der Waals surface area contributed by atoms with Gasteiger partial charge in [-0.1, -0.05) is 24.3 Å². The summed E-state index contributed by atoms with van der Waals surface area (Å²) in [5, 5.41) is 1.21. The number of nitrogens with zero attached hydrogens (tertiary/aromatic N) is 1. The quantitative estimate of drug-likeness (QED) is 0.863. The standard InChI is InChI=1S/C15H18N2O4/c1-10-3-4-11(2)21-17(10)15(19)20-9-12-5-7-13(8-6-12)14(16)18/h3-8,10-11H,9H2,1-2H3,(H2,16,18). The Bertz CT molecular complexity index is 553. The fourth-order valence-electron chi connectivity index (χ4n) is 1.89. The molecule has 1 aromatic carbocycles. The van der Waals surface area contributed by atoms with Crippen molar-refractivity contribution < 1.29 is 19.2 Å². The highest BCUT2D eigenvalue weighted by molar-refractivity contribution is 5.92. The number of amides is 2. The van der Waals surface area contributed by atoms with Crippen LogP contribution in [0.25, 0.3) is 0 Å². The zero-order valence-electron chi connectivity index (χ0n) is 12.0. The molecule has 0 aromatic heterocycles. The van der Waals surface area contributed by atoms with E-state index in [0.717, 1.165) is 5.56 Å². The van der Waals surface area contributed by atoms with Crippen molar-refractivity contribution in [3.63, 3.8) is 0 Å². The van der Waals surface area contributed by atoms with Gasteiger partial charge in [0.25, 0.3) is 0 Å². The highest BCUT2D eigenvalue weighted by Crippen LogP contribution is 2.15. The Morgan fingerprint density at radius 2 is 1.90 bits per heavy atom. The molecule has 1 heterocycles. The third-order valence-electron chi connectivity index (χ3n) is 3.09. The molecule has 2 rings (SSSR count). The predicted octanol–water partition coefficient (Wildman–Crippen LogP) is 2.00. The van der Waals surface area contributed by atoms with E-state index in [9.17, 15) is 9.59 Å². The fraction of sp³-hybridized carbons (Fsp3) is 0.333. The molecule has 0 aliphatic carbocycles. The largest absolute Gasteiger partial charge is 0.443 e. The van der Waals surface area contributed by atoms with E-state index in [1.807, 2.05) is 26.0 Å². The van der Waals surface area contributed by atoms with Gasteiger partial charge in [-0.05, 0) is 31.5 Å². The molecule has 0 spiro atoms. The van der Waals surface area contributed by atoms with E-state index in [1.165, 1.54) is 5.06 Å². The minimum absolute atomic E-state index is 0.0998. The summed E-state index contributed by atoms with van der Waals surface area (Å²) in [6.07, 6.45) is 3.06. The van der Waals surface area contributed by atoms with Gasteiger partial charge in [-0.3, -0.25) is 9.63 Å². The number of ether oxygens (including phenoxy) is 1. The molecule has 2 unspecified atom stereocenters. The summed E-state index contributed by atoms with van der Waals surface area (Å²) in [6.45, 7) is 3.78. The van der Waals surface area contributed by atoms with Gasteiger partial charge in [-0.15, -0.1) is 0 Å². The van der Waals surface area contributed by atoms with Crippen molar-refractivity contribution in [3.05, 3.63) is 47.5 Å². The van der Waals surface area contributed by atoms with E-state index in [4.69, 9.17) is 15.3 Å². The van der Waals surface area contributed by atoms with Gasteiger partial charge in [-0.25, -0.2) is 4.79 Å². The van der Waals surface area contributed by atoms with Crippen molar-refractivity contribution >= 4 is 12.0 Å². The summed E-state index contributed by atoms with van der Waals surface area (Å²) in [6, 6.07) is 6.39. The van der Waals surface area contributed by atoms with Crippen LogP contribution in [0.5, 0.6) is 0 Å². The summed E-state index contributed by atoms with van der Waals surface area (Å²) >= 11 is 0. The zero-order chi connectivity index (χ0) is 15.4. The molecule has 2 amide bonds. The molecule has 0 bridgehead atoms. The molecule has 0 saturated heterocycles. The summed E-state index contributed by atoms with van der Waals surface area (Å²) < 4.78 is 5.20. The SMILES string of the molecule is CC1C=CC(C)N(C(=O)OCc2ccc(C(N)=O)cc2)O1. The first-order valence-corrected chi connectivity index (χ1v) is 6.67. The van der Waals surface area contributed by atoms with E-state index < -0.39 is 12.0 Å². The minimum atomic E-state index is -0.544. The van der Waals surface area contributed by atoms with Gasteiger partial charge in [0.15, 0.2) is 0 Å². The molecule has 0 radical (unpaired) electrons. The van der Waals surface area contributed by atoms with Gasteiger partial charge in [0.2, 0.25) is 5.91 Å². The average molecular weight is 290 g/mol. The number of rotatable bonds is 3. The molecule has 112 valence electrons. The molecule has 1 aromatic rings. The Morgan fingerprint density at radius 1 is 1.24 bits per heavy atom. The Balaban J connectivity index is 1.92. The molecule has 2 atom stereocenters. The maximum absolute atomic E-state index is 12.0. The number of hydroxylamine groups is 2. The third kappa shape index (κ3) is 3.82. The van der Waals surface area contributed by atoms with Crippen LogP contribution in [0.2, 0.25) is 0 Å². The fourth-order valence-corrected chi connectivity index (χ4v) is 1.89. The lowest BCUT2D eigenvalue weighted by Gasteiger charge is -2.30. The van der Waals surface area contributed by atoms with Gasteiger partial charge in [-0.2, -0.15) is 5.06 Å². The van der Waals surface area contributed by atoms with Crippen molar-refractivity contribution in [3.8, 4) is 0 Å². The van der Waals surface area contributed by atoms with Crippen LogP contribution in [0.1, 0.15) is 29.8 Å². The molecule has 2 N–H and O–H groups in total. The smallest absolute Gasteiger partial charge is 0.434 e. The molecular weight excluding hydrogens is 272 g/mol. The second-order valence-electron chi connectivity index (χ2n) is 4.88. The maximum Gasteiger partial charge on any atom is 0.434 e. The Hall–Kier alpha value is -2.34. The van der Waals surface area contributed by atoms with E-state index in [-0.39, 0.29) is 18.8 Å². The second kappa shape index (κ2) is 6.41. The van der Waals surface area contributed by atoms with Crippen LogP contribution >= 0.6 is 0 Å². The average Bonchev–Trinajstić information content (AvgIpc) is 2.47. The van der Waals surface area contributed by atoms with Crippen LogP contribution in [-0.4, -0.2) is 29.2 Å². The first-order chi connectivity index (χ1) is 9.97. The molecule has 0 fully saturated rings. The molecule has 6 nitrogen and oxygen atoms in total. The maximum atomic E-state index is 12.0. The lowest BCUT2D eigenvalue weighted by molar-refractivity contribution is -0.176. The number of hydrogen-bond donors (Lipinski definition) is 1. The van der Waals surface area contributed by atoms with Crippen molar-refractivity contribution in [1.29, 1.82) is 0 Å². The Labute approximate surface area is 123 Å². The topological polar surface area (TPSA) is 81.9 Å². The van der Waals surface area contributed by atoms with Gasteiger partial charge < -0.3 is 10.5 Å². The Morgan fingerprint density at radius 3 is 2.52 bits per heavy atom. The van der Waals surface area contributed by atoms with Crippen LogP contribution in [0.15, 0.2) is 36.4 Å². The predicted molar refractivity (Wildman–Crippen MR) is 76.1 cm³/mol. The Kier molecular flexibility index (Phi) is 4.59. The lowest BCUT2D eigenvalue weighted by Crippen LogP contribution is -2.42. The second-order valence-corrected chi connectivity index (χ2v) is 4.88. The number of primary amides is 1. The van der Waals surface area contributed by atoms with Gasteiger partial charge in [0, 0.05) is 5.56 Å². The molecule has 1 aliphatic rings. The normalized spacial score (nSPS) is 21.1. The van der Waals surface area contributed by atoms with Crippen molar-refractivity contribution in [1.82, 2.24) is 5.06 Å². The number of carbonyl (C=O) groups is 2. The highest BCUT2D eigenvalue weighted by Gasteiger charge is 2.26. The lowest BCUT2D eigenvalue weighted by atomic mass is 10.1. The first-order valence-electron chi connectivity index (χ1n) is 6.67. The van der Waals surface area contributed by atoms with Gasteiger partial charge in [0.05, 0.1) is 6.04 Å². The van der Waals surface area contributed by atoms with Crippen LogP contribution in [0.3, 0.4) is 0 Å². The number of carbonyl (C=O) groups excluding carboxylic acids is 2.